The summed E-state index contributed by atoms with van der Waals surface area (Å²) in [5, 5.41) is 0. The number of anilines is 1. The molecule has 0 bridgehead atoms. The molecule has 0 saturated carbocycles. The van der Waals surface area contributed by atoms with Gasteiger partial charge in [-0.2, -0.15) is 4.31 Å². The van der Waals surface area contributed by atoms with Crippen LogP contribution in [0, 0.1) is 0 Å². The van der Waals surface area contributed by atoms with Gasteiger partial charge in [0.2, 0.25) is 10.0 Å². The molecule has 0 amide bonds. The third-order valence-corrected chi connectivity index (χ3v) is 4.70. The lowest BCUT2D eigenvalue weighted by molar-refractivity contribution is -0.140. The van der Waals surface area contributed by atoms with Gasteiger partial charge in [-0.25, -0.2) is 8.42 Å². The number of benzene rings is 1. The van der Waals surface area contributed by atoms with E-state index in [-0.39, 0.29) is 23.7 Å². The summed E-state index contributed by atoms with van der Waals surface area (Å²) in [5.74, 6) is -0.484. The second kappa shape index (κ2) is 7.28. The molecule has 1 rings (SSSR count). The molecule has 7 nitrogen and oxygen atoms in total. The van der Waals surface area contributed by atoms with Gasteiger partial charge in [0.25, 0.3) is 0 Å². The van der Waals surface area contributed by atoms with Crippen LogP contribution >= 0.6 is 0 Å². The first-order valence-electron chi connectivity index (χ1n) is 6.37. The van der Waals surface area contributed by atoms with Crippen molar-refractivity contribution in [2.45, 2.75) is 18.2 Å². The van der Waals surface area contributed by atoms with Crippen LogP contribution in [-0.2, 0) is 19.6 Å². The lowest BCUT2D eigenvalue weighted by atomic mass is 10.3. The molecule has 0 aliphatic carbocycles. The highest BCUT2D eigenvalue weighted by Crippen LogP contribution is 2.28. The van der Waals surface area contributed by atoms with E-state index >= 15 is 0 Å². The molecule has 0 radical (unpaired) electrons. The standard InChI is InChI=1S/C13H20N2O5S/c1-4-7-15(9-13(16)20-3)21(17,18)12-6-5-10(14)8-11(12)19-2/h5-6,8H,4,7,9,14H2,1-3H3. The molecule has 118 valence electrons. The Morgan fingerprint density at radius 2 is 2.00 bits per heavy atom. The molecule has 0 atom stereocenters. The zero-order valence-electron chi connectivity index (χ0n) is 12.3. The zero-order valence-corrected chi connectivity index (χ0v) is 13.1. The first-order valence-corrected chi connectivity index (χ1v) is 7.81. The summed E-state index contributed by atoms with van der Waals surface area (Å²) in [5.41, 5.74) is 6.01. The fourth-order valence-electron chi connectivity index (χ4n) is 1.78. The number of sulfonamides is 1. The van der Waals surface area contributed by atoms with Crippen LogP contribution in [0.5, 0.6) is 5.75 Å². The molecule has 0 spiro atoms. The molecule has 0 heterocycles. The van der Waals surface area contributed by atoms with Gasteiger partial charge in [0.05, 0.1) is 14.2 Å². The van der Waals surface area contributed by atoms with Crippen molar-refractivity contribution in [2.75, 3.05) is 33.0 Å². The third kappa shape index (κ3) is 4.08. The largest absolute Gasteiger partial charge is 0.495 e. The smallest absolute Gasteiger partial charge is 0.321 e. The average molecular weight is 316 g/mol. The fourth-order valence-corrected chi connectivity index (χ4v) is 3.39. The summed E-state index contributed by atoms with van der Waals surface area (Å²) in [6.45, 7) is 1.67. The van der Waals surface area contributed by atoms with Gasteiger partial charge < -0.3 is 15.2 Å². The molecule has 0 fully saturated rings. The number of ether oxygens (including phenoxy) is 2. The van der Waals surface area contributed by atoms with Crippen LogP contribution in [0.15, 0.2) is 23.1 Å². The van der Waals surface area contributed by atoms with Crippen LogP contribution in [0.1, 0.15) is 13.3 Å². The molecule has 0 aromatic heterocycles. The fraction of sp³-hybridized carbons (Fsp3) is 0.462. The van der Waals surface area contributed by atoms with E-state index in [0.717, 1.165) is 4.31 Å². The molecule has 0 saturated heterocycles. The zero-order chi connectivity index (χ0) is 16.0. The van der Waals surface area contributed by atoms with Crippen LogP contribution < -0.4 is 10.5 Å². The van der Waals surface area contributed by atoms with Crippen molar-refractivity contribution in [2.24, 2.45) is 0 Å². The number of rotatable bonds is 7. The average Bonchev–Trinajstić information content (AvgIpc) is 2.46. The van der Waals surface area contributed by atoms with E-state index in [2.05, 4.69) is 4.74 Å². The summed E-state index contributed by atoms with van der Waals surface area (Å²) in [6.07, 6.45) is 0.563. The number of carbonyl (C=O) groups excluding carboxylic acids is 1. The lowest BCUT2D eigenvalue weighted by Gasteiger charge is -2.21. The van der Waals surface area contributed by atoms with Crippen molar-refractivity contribution in [3.8, 4) is 5.75 Å². The molecule has 0 aliphatic rings. The minimum atomic E-state index is -3.88. The minimum Gasteiger partial charge on any atom is -0.495 e. The Bertz CT molecular complexity index is 601. The predicted molar refractivity (Wildman–Crippen MR) is 78.5 cm³/mol. The summed E-state index contributed by atoms with van der Waals surface area (Å²) >= 11 is 0. The molecular weight excluding hydrogens is 296 g/mol. The van der Waals surface area contributed by atoms with Gasteiger partial charge in [0.15, 0.2) is 0 Å². The number of carbonyl (C=O) groups is 1. The molecule has 2 N–H and O–H groups in total. The predicted octanol–water partition coefficient (Wildman–Crippen LogP) is 0.851. The molecule has 0 aliphatic heterocycles. The van der Waals surface area contributed by atoms with Crippen molar-refractivity contribution in [3.63, 3.8) is 0 Å². The van der Waals surface area contributed by atoms with Gasteiger partial charge in [-0.3, -0.25) is 4.79 Å². The Hall–Kier alpha value is -1.80. The van der Waals surface area contributed by atoms with Gasteiger partial charge in [-0.1, -0.05) is 6.92 Å². The van der Waals surface area contributed by atoms with Crippen LogP contribution in [0.4, 0.5) is 5.69 Å². The quantitative estimate of drug-likeness (QED) is 0.591. The number of nitrogens with zero attached hydrogens (tertiary/aromatic N) is 1. The summed E-state index contributed by atoms with van der Waals surface area (Å²) in [6, 6.07) is 4.26. The van der Waals surface area contributed by atoms with Crippen molar-refractivity contribution in [1.29, 1.82) is 0 Å². The highest BCUT2D eigenvalue weighted by Gasteiger charge is 2.29. The molecule has 0 unspecified atom stereocenters. The maximum Gasteiger partial charge on any atom is 0.321 e. The van der Waals surface area contributed by atoms with E-state index in [1.807, 2.05) is 6.92 Å². The van der Waals surface area contributed by atoms with Gasteiger partial charge in [0.1, 0.15) is 17.2 Å². The van der Waals surface area contributed by atoms with Crippen LogP contribution in [0.2, 0.25) is 0 Å². The molecular formula is C13H20N2O5S. The van der Waals surface area contributed by atoms with Gasteiger partial charge in [-0.15, -0.1) is 0 Å². The number of hydrogen-bond acceptors (Lipinski definition) is 6. The number of esters is 1. The summed E-state index contributed by atoms with van der Waals surface area (Å²) in [7, 11) is -1.31. The number of nitrogens with two attached hydrogens (primary N) is 1. The van der Waals surface area contributed by atoms with Crippen molar-refractivity contribution in [3.05, 3.63) is 18.2 Å². The Morgan fingerprint density at radius 1 is 1.33 bits per heavy atom. The molecule has 21 heavy (non-hydrogen) atoms. The number of hydrogen-bond donors (Lipinski definition) is 1. The maximum absolute atomic E-state index is 12.7. The van der Waals surface area contributed by atoms with Crippen LogP contribution in [0.25, 0.3) is 0 Å². The second-order valence-corrected chi connectivity index (χ2v) is 6.23. The topological polar surface area (TPSA) is 98.9 Å². The highest BCUT2D eigenvalue weighted by atomic mass is 32.2. The van der Waals surface area contributed by atoms with Crippen molar-refractivity contribution in [1.82, 2.24) is 4.31 Å². The van der Waals surface area contributed by atoms with E-state index in [1.165, 1.54) is 32.4 Å². The number of methoxy groups -OCH3 is 2. The Morgan fingerprint density at radius 3 is 2.52 bits per heavy atom. The van der Waals surface area contributed by atoms with Crippen molar-refractivity contribution >= 4 is 21.7 Å². The Labute approximate surface area is 124 Å². The highest BCUT2D eigenvalue weighted by molar-refractivity contribution is 7.89. The first-order chi connectivity index (χ1) is 9.86. The second-order valence-electron chi connectivity index (χ2n) is 4.33. The van der Waals surface area contributed by atoms with E-state index in [1.54, 1.807) is 0 Å². The van der Waals surface area contributed by atoms with Gasteiger partial charge in [-0.05, 0) is 18.6 Å². The maximum atomic E-state index is 12.7. The van der Waals surface area contributed by atoms with Gasteiger partial charge >= 0.3 is 5.97 Å². The normalized spacial score (nSPS) is 11.4. The summed E-state index contributed by atoms with van der Waals surface area (Å²) < 4.78 is 36.0. The molecule has 1 aromatic rings. The third-order valence-electron chi connectivity index (χ3n) is 2.81. The molecule has 1 aromatic carbocycles. The van der Waals surface area contributed by atoms with E-state index in [4.69, 9.17) is 10.5 Å². The van der Waals surface area contributed by atoms with Gasteiger partial charge in [0, 0.05) is 18.3 Å². The first kappa shape index (κ1) is 17.3. The van der Waals surface area contributed by atoms with E-state index in [0.29, 0.717) is 12.1 Å². The van der Waals surface area contributed by atoms with E-state index < -0.39 is 16.0 Å². The molecule has 8 heteroatoms. The SMILES string of the molecule is CCCN(CC(=O)OC)S(=O)(=O)c1ccc(N)cc1OC. The lowest BCUT2D eigenvalue weighted by Crippen LogP contribution is -2.37. The van der Waals surface area contributed by atoms with Crippen LogP contribution in [-0.4, -0.2) is 46.0 Å². The summed E-state index contributed by atoms with van der Waals surface area (Å²) in [4.78, 5) is 11.4. The Kier molecular flexibility index (Phi) is 5.98. The van der Waals surface area contributed by atoms with Crippen LogP contribution in [0.3, 0.4) is 0 Å². The van der Waals surface area contributed by atoms with Crippen molar-refractivity contribution < 1.29 is 22.7 Å². The van der Waals surface area contributed by atoms with E-state index in [9.17, 15) is 13.2 Å². The number of nitrogen functional groups attached to an aromatic ring is 1. The minimum absolute atomic E-state index is 0.0310. The Balaban J connectivity index is 3.25. The monoisotopic (exact) mass is 316 g/mol.